The van der Waals surface area contributed by atoms with Crippen molar-refractivity contribution >= 4 is 38.7 Å². The second-order valence-electron chi connectivity index (χ2n) is 8.33. The molecule has 1 aliphatic rings. The van der Waals surface area contributed by atoms with E-state index in [9.17, 15) is 4.79 Å². The Bertz CT molecular complexity index is 1460. The molecule has 1 amide bonds. The highest BCUT2D eigenvalue weighted by molar-refractivity contribution is 7.18. The second-order valence-corrected chi connectivity index (χ2v) is 9.39. The number of hydrogen-bond donors (Lipinski definition) is 1. The number of hydrogen-bond acceptors (Lipinski definition) is 5. The van der Waals surface area contributed by atoms with Gasteiger partial charge in [0, 0.05) is 42.7 Å². The summed E-state index contributed by atoms with van der Waals surface area (Å²) in [5, 5.41) is 2.17. The van der Waals surface area contributed by atoms with Gasteiger partial charge < -0.3 is 14.6 Å². The molecule has 6 rings (SSSR count). The molecule has 0 saturated carbocycles. The zero-order valence-corrected chi connectivity index (χ0v) is 18.9. The van der Waals surface area contributed by atoms with Crippen LogP contribution in [0.1, 0.15) is 22.4 Å². The van der Waals surface area contributed by atoms with Crippen LogP contribution < -0.4 is 0 Å². The van der Waals surface area contributed by atoms with Gasteiger partial charge in [-0.1, -0.05) is 36.4 Å². The molecule has 1 fully saturated rings. The van der Waals surface area contributed by atoms with Crippen molar-refractivity contribution in [3.05, 3.63) is 83.6 Å². The van der Waals surface area contributed by atoms with Crippen molar-refractivity contribution in [2.24, 2.45) is 0 Å². The maximum Gasteiger partial charge on any atom is 0.409 e. The molecule has 164 valence electrons. The van der Waals surface area contributed by atoms with Crippen LogP contribution in [0.4, 0.5) is 4.79 Å². The van der Waals surface area contributed by atoms with Gasteiger partial charge in [0.15, 0.2) is 0 Å². The normalized spacial score (nSPS) is 18.3. The Kier molecular flexibility index (Phi) is 4.84. The lowest BCUT2D eigenvalue weighted by Crippen LogP contribution is -2.28. The highest BCUT2D eigenvalue weighted by Crippen LogP contribution is 2.43. The molecule has 3 aromatic heterocycles. The van der Waals surface area contributed by atoms with E-state index in [1.54, 1.807) is 16.2 Å². The predicted molar refractivity (Wildman–Crippen MR) is 131 cm³/mol. The number of benzene rings is 2. The molecule has 1 aliphatic heterocycles. The average molecular weight is 455 g/mol. The van der Waals surface area contributed by atoms with Gasteiger partial charge in [-0.05, 0) is 41.0 Å². The topological polar surface area (TPSA) is 71.1 Å². The second kappa shape index (κ2) is 8.01. The number of nitrogens with one attached hydrogen (secondary N) is 1. The Labute approximate surface area is 194 Å². The first-order valence-electron chi connectivity index (χ1n) is 10.9. The largest absolute Gasteiger partial charge is 0.453 e. The van der Waals surface area contributed by atoms with E-state index >= 15 is 0 Å². The quantitative estimate of drug-likeness (QED) is 0.375. The summed E-state index contributed by atoms with van der Waals surface area (Å²) in [7, 11) is 1.44. The monoisotopic (exact) mass is 454 g/mol. The van der Waals surface area contributed by atoms with Gasteiger partial charge in [-0.15, -0.1) is 11.3 Å². The van der Waals surface area contributed by atoms with Crippen LogP contribution in [-0.4, -0.2) is 46.1 Å². The minimum atomic E-state index is -0.282. The summed E-state index contributed by atoms with van der Waals surface area (Å²) in [6, 6.07) is 20.9. The summed E-state index contributed by atoms with van der Waals surface area (Å²) < 4.78 is 6.16. The van der Waals surface area contributed by atoms with Gasteiger partial charge in [0.25, 0.3) is 0 Å². The molecule has 1 unspecified atom stereocenters. The number of H-pyrrole nitrogens is 1. The number of fused-ring (bicyclic) bond motifs is 2. The zero-order valence-electron chi connectivity index (χ0n) is 18.1. The van der Waals surface area contributed by atoms with Crippen LogP contribution in [0.2, 0.25) is 0 Å². The number of methoxy groups -OCH3 is 1. The van der Waals surface area contributed by atoms with Gasteiger partial charge in [-0.2, -0.15) is 0 Å². The van der Waals surface area contributed by atoms with Crippen molar-refractivity contribution < 1.29 is 9.53 Å². The van der Waals surface area contributed by atoms with Crippen molar-refractivity contribution in [1.29, 1.82) is 0 Å². The van der Waals surface area contributed by atoms with E-state index in [2.05, 4.69) is 52.4 Å². The van der Waals surface area contributed by atoms with Crippen LogP contribution >= 0.6 is 11.3 Å². The lowest BCUT2D eigenvalue weighted by molar-refractivity contribution is 0.132. The highest BCUT2D eigenvalue weighted by Gasteiger charge is 2.39. The lowest BCUT2D eigenvalue weighted by atomic mass is 9.89. The van der Waals surface area contributed by atoms with Crippen LogP contribution in [0.25, 0.3) is 32.4 Å². The van der Waals surface area contributed by atoms with Crippen molar-refractivity contribution in [1.82, 2.24) is 19.9 Å². The van der Waals surface area contributed by atoms with Crippen molar-refractivity contribution in [3.8, 4) is 11.1 Å². The van der Waals surface area contributed by atoms with Gasteiger partial charge in [0.1, 0.15) is 5.65 Å². The maximum absolute atomic E-state index is 12.3. The molecular weight excluding hydrogens is 432 g/mol. The minimum absolute atomic E-state index is 0.129. The van der Waals surface area contributed by atoms with Crippen LogP contribution in [0.3, 0.4) is 0 Å². The fourth-order valence-corrected chi connectivity index (χ4v) is 6.02. The number of ether oxygens (including phenoxy) is 1. The molecule has 2 aromatic carbocycles. The summed E-state index contributed by atoms with van der Waals surface area (Å²) in [6.07, 6.45) is 3.47. The Morgan fingerprint density at radius 3 is 2.79 bits per heavy atom. The number of rotatable bonds is 3. The van der Waals surface area contributed by atoms with Crippen LogP contribution in [-0.2, 0) is 4.74 Å². The Morgan fingerprint density at radius 2 is 1.94 bits per heavy atom. The van der Waals surface area contributed by atoms with E-state index in [0.717, 1.165) is 37.4 Å². The molecule has 2 atom stereocenters. The molecule has 6 nitrogen and oxygen atoms in total. The van der Waals surface area contributed by atoms with Gasteiger partial charge in [0.05, 0.1) is 22.3 Å². The van der Waals surface area contributed by atoms with Crippen molar-refractivity contribution in [2.75, 3.05) is 20.2 Å². The SMILES string of the molecule is COC(=O)N1CC(c2nc3ccc(-c4ccnc5[nH]ccc45)cc3s2)[C@@H](c2ccccc2)C1. The molecule has 1 saturated heterocycles. The molecule has 1 N–H and O–H groups in total. The average Bonchev–Trinajstić information content (AvgIpc) is 3.60. The predicted octanol–water partition coefficient (Wildman–Crippen LogP) is 5.79. The maximum atomic E-state index is 12.3. The summed E-state index contributed by atoms with van der Waals surface area (Å²) >= 11 is 1.72. The number of aromatic amines is 1. The smallest absolute Gasteiger partial charge is 0.409 e. The summed E-state index contributed by atoms with van der Waals surface area (Å²) in [5.74, 6) is 0.315. The fourth-order valence-electron chi connectivity index (χ4n) is 4.85. The van der Waals surface area contributed by atoms with Crippen molar-refractivity contribution in [3.63, 3.8) is 0 Å². The van der Waals surface area contributed by atoms with E-state index in [-0.39, 0.29) is 17.9 Å². The molecule has 33 heavy (non-hydrogen) atoms. The van der Waals surface area contributed by atoms with E-state index in [1.807, 2.05) is 30.6 Å². The molecular formula is C26H22N4O2S. The summed E-state index contributed by atoms with van der Waals surface area (Å²) in [5.41, 5.74) is 5.39. The first-order valence-corrected chi connectivity index (χ1v) is 11.7. The summed E-state index contributed by atoms with van der Waals surface area (Å²) in [6.45, 7) is 1.23. The molecule has 5 aromatic rings. The summed E-state index contributed by atoms with van der Waals surface area (Å²) in [4.78, 5) is 26.7. The van der Waals surface area contributed by atoms with Crippen LogP contribution in [0, 0.1) is 0 Å². The zero-order chi connectivity index (χ0) is 22.4. The van der Waals surface area contributed by atoms with Gasteiger partial charge in [-0.3, -0.25) is 0 Å². The highest BCUT2D eigenvalue weighted by atomic mass is 32.1. The lowest BCUT2D eigenvalue weighted by Gasteiger charge is -2.16. The van der Waals surface area contributed by atoms with E-state index in [4.69, 9.17) is 9.72 Å². The third-order valence-corrected chi connectivity index (χ3v) is 7.62. The number of pyridine rings is 1. The number of carbonyl (C=O) groups excluding carboxylic acids is 1. The van der Waals surface area contributed by atoms with Crippen molar-refractivity contribution in [2.45, 2.75) is 11.8 Å². The Morgan fingerprint density at radius 1 is 1.09 bits per heavy atom. The van der Waals surface area contributed by atoms with Gasteiger partial charge >= 0.3 is 6.09 Å². The number of thiazole rings is 1. The first-order chi connectivity index (χ1) is 16.2. The molecule has 0 aliphatic carbocycles. The standard InChI is InChI=1S/C26H22N4O2S/c1-32-26(31)30-14-20(16-5-3-2-4-6-16)21(15-30)25-29-22-8-7-17(13-23(22)33-25)18-9-11-27-24-19(18)10-12-28-24/h2-13,20-21H,14-15H2,1H3,(H,27,28)/t20-,21?/m1/s1. The van der Waals surface area contributed by atoms with Gasteiger partial charge in [0.2, 0.25) is 0 Å². The third-order valence-electron chi connectivity index (χ3n) is 6.47. The van der Waals surface area contributed by atoms with Crippen LogP contribution in [0.15, 0.2) is 73.1 Å². The van der Waals surface area contributed by atoms with Crippen LogP contribution in [0.5, 0.6) is 0 Å². The van der Waals surface area contributed by atoms with E-state index in [0.29, 0.717) is 13.1 Å². The molecule has 0 bridgehead atoms. The number of carbonyl (C=O) groups is 1. The minimum Gasteiger partial charge on any atom is -0.453 e. The Hall–Kier alpha value is -3.71. The molecule has 7 heteroatoms. The number of nitrogens with zero attached hydrogens (tertiary/aromatic N) is 3. The number of amides is 1. The molecule has 0 spiro atoms. The first kappa shape index (κ1) is 19.9. The van der Waals surface area contributed by atoms with Gasteiger partial charge in [-0.25, -0.2) is 14.8 Å². The third kappa shape index (κ3) is 3.45. The van der Waals surface area contributed by atoms with E-state index < -0.39 is 0 Å². The number of likely N-dealkylation sites (tertiary alicyclic amines) is 1. The Balaban J connectivity index is 1.40. The number of aromatic nitrogens is 3. The molecule has 0 radical (unpaired) electrons. The molecule has 4 heterocycles. The fraction of sp³-hybridized carbons (Fsp3) is 0.192. The van der Waals surface area contributed by atoms with E-state index in [1.165, 1.54) is 12.7 Å².